The monoisotopic (exact) mass is 490 g/mol. The Labute approximate surface area is 210 Å². The van der Waals surface area contributed by atoms with Gasteiger partial charge in [0.15, 0.2) is 5.65 Å². The van der Waals surface area contributed by atoms with E-state index in [9.17, 15) is 0 Å². The molecule has 0 saturated carbocycles. The molecule has 35 heavy (non-hydrogen) atoms. The van der Waals surface area contributed by atoms with E-state index in [1.54, 1.807) is 0 Å². The molecule has 2 aliphatic rings. The molecule has 6 rings (SSSR count). The predicted octanol–water partition coefficient (Wildman–Crippen LogP) is 5.02. The molecule has 0 atom stereocenters. The first-order chi connectivity index (χ1) is 17.1. The van der Waals surface area contributed by atoms with Gasteiger partial charge in [0, 0.05) is 38.3 Å². The quantitative estimate of drug-likeness (QED) is 0.400. The maximum Gasteiger partial charge on any atom is 0.179 e. The van der Waals surface area contributed by atoms with Crippen LogP contribution >= 0.6 is 11.6 Å². The van der Waals surface area contributed by atoms with Crippen molar-refractivity contribution in [2.24, 2.45) is 0 Å². The molecular formula is C27H31ClN6O. The van der Waals surface area contributed by atoms with Crippen LogP contribution in [0.5, 0.6) is 0 Å². The van der Waals surface area contributed by atoms with Crippen LogP contribution in [0.3, 0.4) is 0 Å². The molecule has 182 valence electrons. The number of anilines is 1. The third kappa shape index (κ3) is 4.26. The molecule has 0 N–H and O–H groups in total. The Balaban J connectivity index is 1.34. The van der Waals surface area contributed by atoms with Crippen LogP contribution in [0.15, 0.2) is 42.6 Å². The molecule has 2 aromatic carbocycles. The van der Waals surface area contributed by atoms with E-state index in [0.717, 1.165) is 96.3 Å². The fraction of sp³-hybridized carbons (Fsp3) is 0.444. The summed E-state index contributed by atoms with van der Waals surface area (Å²) in [6, 6.07) is 13.5. The van der Waals surface area contributed by atoms with Crippen LogP contribution in [0.4, 0.5) is 5.69 Å². The van der Waals surface area contributed by atoms with Gasteiger partial charge in [-0.15, -0.1) is 10.2 Å². The van der Waals surface area contributed by atoms with Crippen molar-refractivity contribution >= 4 is 34.0 Å². The summed E-state index contributed by atoms with van der Waals surface area (Å²) in [5, 5.41) is 9.77. The molecule has 4 heterocycles. The second-order valence-electron chi connectivity index (χ2n) is 9.95. The van der Waals surface area contributed by atoms with Gasteiger partial charge in [0.25, 0.3) is 0 Å². The van der Waals surface area contributed by atoms with Crippen LogP contribution in [0.2, 0.25) is 5.02 Å². The Kier molecular flexibility index (Phi) is 6.08. The number of fused-ring (bicyclic) bond motifs is 3. The Morgan fingerprint density at radius 1 is 0.943 bits per heavy atom. The Morgan fingerprint density at radius 2 is 1.69 bits per heavy atom. The molecule has 2 fully saturated rings. The van der Waals surface area contributed by atoms with Crippen LogP contribution in [-0.2, 0) is 4.74 Å². The first-order valence-corrected chi connectivity index (χ1v) is 12.9. The molecule has 2 aromatic heterocycles. The zero-order valence-electron chi connectivity index (χ0n) is 20.3. The van der Waals surface area contributed by atoms with Gasteiger partial charge in [-0.3, -0.25) is 9.38 Å². The number of piperidine rings is 1. The highest BCUT2D eigenvalue weighted by molar-refractivity contribution is 6.33. The van der Waals surface area contributed by atoms with Crippen LogP contribution in [0.25, 0.3) is 27.8 Å². The van der Waals surface area contributed by atoms with Crippen molar-refractivity contribution < 1.29 is 4.74 Å². The van der Waals surface area contributed by atoms with E-state index in [1.165, 1.54) is 0 Å². The van der Waals surface area contributed by atoms with E-state index in [2.05, 4.69) is 79.9 Å². The smallest absolute Gasteiger partial charge is 0.179 e. The molecule has 0 amide bonds. The molecular weight excluding hydrogens is 460 g/mol. The lowest BCUT2D eigenvalue weighted by atomic mass is 9.99. The predicted molar refractivity (Wildman–Crippen MR) is 140 cm³/mol. The molecule has 0 aliphatic carbocycles. The summed E-state index contributed by atoms with van der Waals surface area (Å²) >= 11 is 6.83. The number of rotatable bonds is 4. The third-order valence-electron chi connectivity index (χ3n) is 7.65. The summed E-state index contributed by atoms with van der Waals surface area (Å²) in [6.07, 6.45) is 6.06. The average Bonchev–Trinajstić information content (AvgIpc) is 3.34. The number of halogens is 1. The highest BCUT2D eigenvalue weighted by Gasteiger charge is 2.24. The van der Waals surface area contributed by atoms with Crippen molar-refractivity contribution in [3.63, 3.8) is 0 Å². The number of hydrogen-bond acceptors (Lipinski definition) is 6. The summed E-state index contributed by atoms with van der Waals surface area (Å²) in [6.45, 7) is 3.60. The SMILES string of the molecule is CN(C)C1CCN(c2ccc(-c3ccc4ncc5nnc(C6CCOCC6)n5c4c3)cc2Cl)CC1. The lowest BCUT2D eigenvalue weighted by Gasteiger charge is -2.36. The molecule has 4 aromatic rings. The van der Waals surface area contributed by atoms with Gasteiger partial charge in [0.1, 0.15) is 5.82 Å². The van der Waals surface area contributed by atoms with Crippen LogP contribution in [0.1, 0.15) is 37.4 Å². The van der Waals surface area contributed by atoms with Gasteiger partial charge >= 0.3 is 0 Å². The van der Waals surface area contributed by atoms with Gasteiger partial charge < -0.3 is 14.5 Å². The van der Waals surface area contributed by atoms with Crippen molar-refractivity contribution in [2.75, 3.05) is 45.3 Å². The van der Waals surface area contributed by atoms with Crippen LogP contribution < -0.4 is 4.90 Å². The standard InChI is InChI=1S/C27H31ClN6O/c1-32(2)21-7-11-33(12-8-21)24-6-4-19(15-22(24)28)20-3-5-23-25(16-20)34-26(17-29-23)30-31-27(34)18-9-13-35-14-10-18/h3-6,15-18,21H,7-14H2,1-2H3. The summed E-state index contributed by atoms with van der Waals surface area (Å²) in [5.74, 6) is 1.35. The summed E-state index contributed by atoms with van der Waals surface area (Å²) in [5.41, 5.74) is 6.07. The fourth-order valence-corrected chi connectivity index (χ4v) is 5.84. The molecule has 8 heteroatoms. The second-order valence-corrected chi connectivity index (χ2v) is 10.4. The molecule has 2 saturated heterocycles. The van der Waals surface area contributed by atoms with Gasteiger partial charge in [-0.05, 0) is 75.2 Å². The highest BCUT2D eigenvalue weighted by atomic mass is 35.5. The second kappa shape index (κ2) is 9.37. The average molecular weight is 491 g/mol. The normalized spacial score (nSPS) is 18.2. The van der Waals surface area contributed by atoms with Crippen LogP contribution in [-0.4, -0.2) is 70.9 Å². The van der Waals surface area contributed by atoms with Crippen molar-refractivity contribution in [3.8, 4) is 11.1 Å². The topological polar surface area (TPSA) is 58.8 Å². The van der Waals surface area contributed by atoms with E-state index in [0.29, 0.717) is 12.0 Å². The minimum Gasteiger partial charge on any atom is -0.381 e. The van der Waals surface area contributed by atoms with Crippen LogP contribution in [0, 0.1) is 0 Å². The molecule has 7 nitrogen and oxygen atoms in total. The minimum atomic E-state index is 0.346. The van der Waals surface area contributed by atoms with Crippen molar-refractivity contribution in [3.05, 3.63) is 53.4 Å². The molecule has 0 unspecified atom stereocenters. The number of ether oxygens (including phenoxy) is 1. The molecule has 0 radical (unpaired) electrons. The number of aromatic nitrogens is 4. The zero-order chi connectivity index (χ0) is 23.9. The number of benzene rings is 2. The maximum absolute atomic E-state index is 6.83. The summed E-state index contributed by atoms with van der Waals surface area (Å²) in [7, 11) is 4.34. The first kappa shape index (κ1) is 22.7. The van der Waals surface area contributed by atoms with Crippen molar-refractivity contribution in [1.29, 1.82) is 0 Å². The zero-order valence-corrected chi connectivity index (χ0v) is 21.1. The van der Waals surface area contributed by atoms with Crippen molar-refractivity contribution in [1.82, 2.24) is 24.5 Å². The van der Waals surface area contributed by atoms with Gasteiger partial charge in [-0.1, -0.05) is 23.7 Å². The summed E-state index contributed by atoms with van der Waals surface area (Å²) in [4.78, 5) is 9.37. The summed E-state index contributed by atoms with van der Waals surface area (Å²) < 4.78 is 7.74. The minimum absolute atomic E-state index is 0.346. The lowest BCUT2D eigenvalue weighted by molar-refractivity contribution is 0.0834. The van der Waals surface area contributed by atoms with Gasteiger partial charge in [0.2, 0.25) is 0 Å². The molecule has 0 spiro atoms. The molecule has 0 bridgehead atoms. The van der Waals surface area contributed by atoms with E-state index < -0.39 is 0 Å². The Hall–Kier alpha value is -2.74. The maximum atomic E-state index is 6.83. The van der Waals surface area contributed by atoms with E-state index in [-0.39, 0.29) is 0 Å². The van der Waals surface area contributed by atoms with Crippen molar-refractivity contribution in [2.45, 2.75) is 37.6 Å². The first-order valence-electron chi connectivity index (χ1n) is 12.5. The highest BCUT2D eigenvalue weighted by Crippen LogP contribution is 2.35. The van der Waals surface area contributed by atoms with E-state index >= 15 is 0 Å². The number of nitrogens with zero attached hydrogens (tertiary/aromatic N) is 6. The Morgan fingerprint density at radius 3 is 2.43 bits per heavy atom. The van der Waals surface area contributed by atoms with Gasteiger partial charge in [0.05, 0.1) is 27.9 Å². The number of hydrogen-bond donors (Lipinski definition) is 0. The van der Waals surface area contributed by atoms with E-state index in [4.69, 9.17) is 16.3 Å². The van der Waals surface area contributed by atoms with E-state index in [1.807, 2.05) is 6.20 Å². The van der Waals surface area contributed by atoms with Gasteiger partial charge in [-0.2, -0.15) is 0 Å². The lowest BCUT2D eigenvalue weighted by Crippen LogP contribution is -2.42. The third-order valence-corrected chi connectivity index (χ3v) is 7.95. The Bertz CT molecular complexity index is 1350. The fourth-order valence-electron chi connectivity index (χ4n) is 5.54. The largest absolute Gasteiger partial charge is 0.381 e. The molecule has 2 aliphatic heterocycles. The van der Waals surface area contributed by atoms with Gasteiger partial charge in [-0.25, -0.2) is 0 Å².